The number of amides is 1. The van der Waals surface area contributed by atoms with Crippen molar-refractivity contribution in [2.75, 3.05) is 13.2 Å². The molecule has 0 bridgehead atoms. The van der Waals surface area contributed by atoms with Gasteiger partial charge in [0.25, 0.3) is 5.91 Å². The van der Waals surface area contributed by atoms with Crippen molar-refractivity contribution in [3.63, 3.8) is 0 Å². The molecule has 7 heteroatoms. The van der Waals surface area contributed by atoms with E-state index in [0.29, 0.717) is 0 Å². The number of hydrogen-bond donors (Lipinski definition) is 2. The molecule has 1 fully saturated rings. The normalized spacial score (nSPS) is 22.9. The molecular formula is C10H14N2O5. The molecule has 17 heavy (non-hydrogen) atoms. The highest BCUT2D eigenvalue weighted by molar-refractivity contribution is 6.36. The molecule has 1 atom stereocenters. The molecular weight excluding hydrogens is 228 g/mol. The quantitative estimate of drug-likeness (QED) is 0.657. The number of carboxylic acids is 1. The van der Waals surface area contributed by atoms with Gasteiger partial charge in [-0.15, -0.1) is 0 Å². The van der Waals surface area contributed by atoms with Gasteiger partial charge in [0.15, 0.2) is 5.71 Å². The highest BCUT2D eigenvalue weighted by Crippen LogP contribution is 2.28. The smallest absolute Gasteiger partial charge is 0.353 e. The number of hydrogen-bond acceptors (Lipinski definition) is 5. The van der Waals surface area contributed by atoms with Crippen LogP contribution in [0.3, 0.4) is 0 Å². The van der Waals surface area contributed by atoms with Gasteiger partial charge in [0.2, 0.25) is 6.10 Å². The molecule has 7 nitrogen and oxygen atoms in total. The second kappa shape index (κ2) is 4.70. The average Bonchev–Trinajstić information content (AvgIpc) is 3.00. The van der Waals surface area contributed by atoms with Gasteiger partial charge in [0.05, 0.1) is 6.61 Å². The van der Waals surface area contributed by atoms with Crippen LogP contribution in [0.15, 0.2) is 5.16 Å². The first kappa shape index (κ1) is 11.8. The maximum absolute atomic E-state index is 12.0. The van der Waals surface area contributed by atoms with Crippen LogP contribution in [0.4, 0.5) is 0 Å². The van der Waals surface area contributed by atoms with Gasteiger partial charge in [-0.25, -0.2) is 4.79 Å². The minimum absolute atomic E-state index is 0.0111. The number of carbonyl (C=O) groups is 2. The summed E-state index contributed by atoms with van der Waals surface area (Å²) in [5.41, 5.74) is -0.136. The Labute approximate surface area is 97.6 Å². The van der Waals surface area contributed by atoms with Crippen LogP contribution in [0.5, 0.6) is 0 Å². The number of carboxylic acid groups (broad SMARTS) is 1. The Kier molecular flexibility index (Phi) is 3.28. The Hall–Kier alpha value is -1.63. The van der Waals surface area contributed by atoms with Crippen LogP contribution >= 0.6 is 0 Å². The monoisotopic (exact) mass is 242 g/mol. The minimum atomic E-state index is -1.17. The van der Waals surface area contributed by atoms with Gasteiger partial charge < -0.3 is 20.0 Å². The van der Waals surface area contributed by atoms with E-state index in [4.69, 9.17) is 15.1 Å². The Morgan fingerprint density at radius 2 is 2.18 bits per heavy atom. The molecule has 1 heterocycles. The molecule has 1 aliphatic heterocycles. The van der Waals surface area contributed by atoms with Crippen molar-refractivity contribution in [3.05, 3.63) is 0 Å². The molecule has 1 amide bonds. The molecule has 2 N–H and O–H groups in total. The summed E-state index contributed by atoms with van der Waals surface area (Å²) in [5, 5.41) is 21.0. The second-order valence-corrected chi connectivity index (χ2v) is 4.13. The molecule has 2 aliphatic rings. The molecule has 1 saturated carbocycles. The first-order chi connectivity index (χ1) is 8.13. The second-order valence-electron chi connectivity index (χ2n) is 4.13. The van der Waals surface area contributed by atoms with Crippen LogP contribution in [0, 0.1) is 0 Å². The summed E-state index contributed by atoms with van der Waals surface area (Å²) in [5.74, 6) is -1.46. The lowest BCUT2D eigenvalue weighted by molar-refractivity contribution is -0.143. The molecule has 94 valence electrons. The highest BCUT2D eigenvalue weighted by atomic mass is 16.6. The van der Waals surface area contributed by atoms with Gasteiger partial charge in [-0.2, -0.15) is 0 Å². The summed E-state index contributed by atoms with van der Waals surface area (Å²) < 4.78 is 0. The predicted octanol–water partition coefficient (Wildman–Crippen LogP) is -0.801. The molecule has 0 radical (unpaired) electrons. The molecule has 0 aromatic rings. The zero-order chi connectivity index (χ0) is 12.4. The first-order valence-corrected chi connectivity index (χ1v) is 5.50. The van der Waals surface area contributed by atoms with Gasteiger partial charge in [0, 0.05) is 19.0 Å². The maximum Gasteiger partial charge on any atom is 0.353 e. The van der Waals surface area contributed by atoms with Crippen LogP contribution in [-0.4, -0.2) is 58.0 Å². The van der Waals surface area contributed by atoms with Crippen molar-refractivity contribution in [2.45, 2.75) is 31.4 Å². The zero-order valence-electron chi connectivity index (χ0n) is 9.20. The Morgan fingerprint density at radius 3 is 2.65 bits per heavy atom. The number of aliphatic carboxylic acids is 1. The fraction of sp³-hybridized carbons (Fsp3) is 0.700. The third-order valence-electron chi connectivity index (χ3n) is 2.80. The third-order valence-corrected chi connectivity index (χ3v) is 2.80. The van der Waals surface area contributed by atoms with Crippen LogP contribution in [0.25, 0.3) is 0 Å². The van der Waals surface area contributed by atoms with Gasteiger partial charge in [-0.05, 0) is 12.8 Å². The number of nitrogens with zero attached hydrogens (tertiary/aromatic N) is 2. The molecule has 0 aromatic heterocycles. The van der Waals surface area contributed by atoms with E-state index in [2.05, 4.69) is 5.16 Å². The fourth-order valence-corrected chi connectivity index (χ4v) is 1.79. The van der Waals surface area contributed by atoms with Crippen molar-refractivity contribution in [2.24, 2.45) is 5.16 Å². The van der Waals surface area contributed by atoms with Crippen LogP contribution in [0.1, 0.15) is 19.3 Å². The maximum atomic E-state index is 12.0. The van der Waals surface area contributed by atoms with Crippen LogP contribution in [-0.2, 0) is 14.4 Å². The average molecular weight is 242 g/mol. The molecule has 1 aliphatic carbocycles. The van der Waals surface area contributed by atoms with E-state index in [-0.39, 0.29) is 37.2 Å². The zero-order valence-corrected chi connectivity index (χ0v) is 9.20. The number of carbonyl (C=O) groups excluding carboxylic acids is 1. The van der Waals surface area contributed by atoms with Gasteiger partial charge >= 0.3 is 5.97 Å². The lowest BCUT2D eigenvalue weighted by Gasteiger charge is -2.23. The van der Waals surface area contributed by atoms with Gasteiger partial charge in [-0.3, -0.25) is 4.79 Å². The number of aliphatic hydroxyl groups is 1. The van der Waals surface area contributed by atoms with Crippen molar-refractivity contribution < 1.29 is 24.6 Å². The van der Waals surface area contributed by atoms with E-state index < -0.39 is 12.1 Å². The molecule has 0 saturated heterocycles. The molecule has 2 rings (SSSR count). The predicted molar refractivity (Wildman–Crippen MR) is 56.4 cm³/mol. The van der Waals surface area contributed by atoms with Gasteiger partial charge in [-0.1, -0.05) is 5.16 Å². The Bertz CT molecular complexity index is 364. The molecule has 1 unspecified atom stereocenters. The van der Waals surface area contributed by atoms with E-state index in [1.54, 1.807) is 4.90 Å². The van der Waals surface area contributed by atoms with Gasteiger partial charge in [0.1, 0.15) is 0 Å². The minimum Gasteiger partial charge on any atom is -0.477 e. The summed E-state index contributed by atoms with van der Waals surface area (Å²) in [6, 6.07) is 0.159. The number of aliphatic hydroxyl groups excluding tert-OH is 1. The van der Waals surface area contributed by atoms with E-state index >= 15 is 0 Å². The standard InChI is InChI=1S/C10H14N2O5/c13-4-3-12(6-1-2-6)9(14)8-5-7(10(15)16)11-17-8/h6,8,13H,1-5H2,(H,15,16). The topological polar surface area (TPSA) is 99.4 Å². The lowest BCUT2D eigenvalue weighted by atomic mass is 10.1. The molecule has 0 aromatic carbocycles. The van der Waals surface area contributed by atoms with Crippen LogP contribution in [0.2, 0.25) is 0 Å². The highest BCUT2D eigenvalue weighted by Gasteiger charge is 2.39. The van der Waals surface area contributed by atoms with Crippen molar-refractivity contribution >= 4 is 17.6 Å². The lowest BCUT2D eigenvalue weighted by Crippen LogP contribution is -2.42. The summed E-state index contributed by atoms with van der Waals surface area (Å²) in [6.45, 7) is 0.146. The first-order valence-electron chi connectivity index (χ1n) is 5.50. The van der Waals surface area contributed by atoms with Crippen LogP contribution < -0.4 is 0 Å². The summed E-state index contributed by atoms with van der Waals surface area (Å²) >= 11 is 0. The van der Waals surface area contributed by atoms with E-state index in [1.807, 2.05) is 0 Å². The van der Waals surface area contributed by atoms with Crippen molar-refractivity contribution in [3.8, 4) is 0 Å². The van der Waals surface area contributed by atoms with E-state index in [0.717, 1.165) is 12.8 Å². The van der Waals surface area contributed by atoms with E-state index in [9.17, 15) is 9.59 Å². The largest absolute Gasteiger partial charge is 0.477 e. The third kappa shape index (κ3) is 2.55. The number of oxime groups is 1. The SMILES string of the molecule is O=C(O)C1=NOC(C(=O)N(CCO)C2CC2)C1. The fourth-order valence-electron chi connectivity index (χ4n) is 1.79. The summed E-state index contributed by atoms with van der Waals surface area (Å²) in [7, 11) is 0. The summed E-state index contributed by atoms with van der Waals surface area (Å²) in [4.78, 5) is 29.0. The number of rotatable bonds is 5. The van der Waals surface area contributed by atoms with Crippen molar-refractivity contribution in [1.82, 2.24) is 4.90 Å². The Balaban J connectivity index is 1.94. The summed E-state index contributed by atoms with van der Waals surface area (Å²) in [6.07, 6.45) is 0.979. The van der Waals surface area contributed by atoms with Crippen molar-refractivity contribution in [1.29, 1.82) is 0 Å². The Morgan fingerprint density at radius 1 is 1.47 bits per heavy atom. The molecule has 0 spiro atoms. The van der Waals surface area contributed by atoms with E-state index in [1.165, 1.54) is 0 Å².